The standard InChI is InChI=1S/C22H25N3O3S2/c1-29-15-9-7-14(8-10-15)24-22-25-18-19(27)17(26)11-16(20(18)30-22)21(28)23-12-13-5-3-2-4-6-13/h2-10,16-20,26-27H,11-12H2,1H3,(H,23,28)(H,24,25). The van der Waals surface area contributed by atoms with Crippen LogP contribution >= 0.6 is 23.5 Å². The quantitative estimate of drug-likeness (QED) is 0.531. The molecule has 2 aromatic carbocycles. The van der Waals surface area contributed by atoms with E-state index in [2.05, 4.69) is 15.6 Å². The number of fused-ring (bicyclic) bond motifs is 1. The van der Waals surface area contributed by atoms with Crippen LogP contribution in [0.3, 0.4) is 0 Å². The summed E-state index contributed by atoms with van der Waals surface area (Å²) in [5.74, 6) is -0.544. The first-order chi connectivity index (χ1) is 14.5. The van der Waals surface area contributed by atoms with E-state index in [9.17, 15) is 15.0 Å². The van der Waals surface area contributed by atoms with Crippen LogP contribution in [0.15, 0.2) is 64.5 Å². The van der Waals surface area contributed by atoms with Crippen LogP contribution in [0, 0.1) is 5.92 Å². The highest BCUT2D eigenvalue weighted by atomic mass is 32.2. The number of hydrogen-bond donors (Lipinski definition) is 4. The molecule has 1 aliphatic carbocycles. The number of carbonyl (C=O) groups is 1. The number of aliphatic hydroxyl groups is 2. The summed E-state index contributed by atoms with van der Waals surface area (Å²) in [7, 11) is 0. The van der Waals surface area contributed by atoms with Crippen molar-refractivity contribution >= 4 is 40.3 Å². The highest BCUT2D eigenvalue weighted by Crippen LogP contribution is 2.41. The molecule has 1 aliphatic heterocycles. The summed E-state index contributed by atoms with van der Waals surface area (Å²) in [5, 5.41) is 27.5. The number of hydrogen-bond acceptors (Lipinski definition) is 7. The Bertz CT molecular complexity index is 908. The Morgan fingerprint density at radius 3 is 2.60 bits per heavy atom. The molecular formula is C22H25N3O3S2. The van der Waals surface area contributed by atoms with Gasteiger partial charge < -0.3 is 20.8 Å². The maximum absolute atomic E-state index is 12.9. The minimum Gasteiger partial charge on any atom is -0.390 e. The third-order valence-electron chi connectivity index (χ3n) is 5.47. The van der Waals surface area contributed by atoms with Crippen LogP contribution in [-0.2, 0) is 11.3 Å². The zero-order valence-corrected chi connectivity index (χ0v) is 18.2. The van der Waals surface area contributed by atoms with Gasteiger partial charge in [0.15, 0.2) is 5.17 Å². The van der Waals surface area contributed by atoms with Crippen LogP contribution in [0.2, 0.25) is 0 Å². The molecule has 158 valence electrons. The number of aliphatic imine (C=N–C) groups is 1. The average Bonchev–Trinajstić information content (AvgIpc) is 3.19. The number of benzene rings is 2. The number of nitrogens with zero attached hydrogens (tertiary/aromatic N) is 1. The van der Waals surface area contributed by atoms with Crippen LogP contribution in [0.25, 0.3) is 0 Å². The van der Waals surface area contributed by atoms with Gasteiger partial charge in [-0.25, -0.2) is 0 Å². The van der Waals surface area contributed by atoms with Crippen molar-refractivity contribution in [1.82, 2.24) is 5.32 Å². The number of amides is 1. The van der Waals surface area contributed by atoms with E-state index in [-0.39, 0.29) is 17.6 Å². The molecule has 4 rings (SSSR count). The highest BCUT2D eigenvalue weighted by Gasteiger charge is 2.50. The predicted octanol–water partition coefficient (Wildman–Crippen LogP) is 2.72. The van der Waals surface area contributed by atoms with Crippen LogP contribution < -0.4 is 10.6 Å². The second-order valence-corrected chi connectivity index (χ2v) is 9.51. The monoisotopic (exact) mass is 443 g/mol. The van der Waals surface area contributed by atoms with Crippen molar-refractivity contribution in [2.75, 3.05) is 11.6 Å². The lowest BCUT2D eigenvalue weighted by Gasteiger charge is -2.37. The van der Waals surface area contributed by atoms with E-state index in [1.54, 1.807) is 11.8 Å². The van der Waals surface area contributed by atoms with Gasteiger partial charge in [-0.15, -0.1) is 11.8 Å². The van der Waals surface area contributed by atoms with E-state index in [1.807, 2.05) is 60.9 Å². The van der Waals surface area contributed by atoms with Gasteiger partial charge in [0.25, 0.3) is 0 Å². The van der Waals surface area contributed by atoms with E-state index in [0.29, 0.717) is 11.7 Å². The Labute approximate surface area is 184 Å². The van der Waals surface area contributed by atoms with Crippen LogP contribution in [0.5, 0.6) is 0 Å². The first-order valence-electron chi connectivity index (χ1n) is 9.88. The summed E-state index contributed by atoms with van der Waals surface area (Å²) in [6, 6.07) is 17.2. The van der Waals surface area contributed by atoms with Gasteiger partial charge >= 0.3 is 0 Å². The molecule has 0 bridgehead atoms. The minimum atomic E-state index is -0.973. The molecule has 4 N–H and O–H groups in total. The van der Waals surface area contributed by atoms with Gasteiger partial charge in [0.2, 0.25) is 5.91 Å². The van der Waals surface area contributed by atoms with Gasteiger partial charge in [0.1, 0.15) is 6.10 Å². The normalized spacial score (nSPS) is 27.8. The predicted molar refractivity (Wildman–Crippen MR) is 123 cm³/mol. The van der Waals surface area contributed by atoms with E-state index in [4.69, 9.17) is 0 Å². The fourth-order valence-corrected chi connectivity index (χ4v) is 5.61. The van der Waals surface area contributed by atoms with Gasteiger partial charge in [-0.3, -0.25) is 9.79 Å². The van der Waals surface area contributed by atoms with Crippen molar-refractivity contribution < 1.29 is 15.0 Å². The molecule has 5 atom stereocenters. The Kier molecular flexibility index (Phi) is 6.67. The van der Waals surface area contributed by atoms with E-state index >= 15 is 0 Å². The molecular weight excluding hydrogens is 418 g/mol. The molecule has 6 nitrogen and oxygen atoms in total. The fraction of sp³-hybridized carbons (Fsp3) is 0.364. The van der Waals surface area contributed by atoms with Crippen molar-refractivity contribution in [3.8, 4) is 0 Å². The molecule has 1 saturated carbocycles. The molecule has 1 amide bonds. The minimum absolute atomic E-state index is 0.118. The maximum Gasteiger partial charge on any atom is 0.224 e. The number of thioether (sulfide) groups is 2. The molecule has 0 radical (unpaired) electrons. The summed E-state index contributed by atoms with van der Waals surface area (Å²) in [4.78, 5) is 18.7. The van der Waals surface area contributed by atoms with Crippen molar-refractivity contribution in [2.45, 2.75) is 41.4 Å². The molecule has 2 aliphatic rings. The molecule has 0 aromatic heterocycles. The third kappa shape index (κ3) is 4.67. The Morgan fingerprint density at radius 2 is 1.90 bits per heavy atom. The van der Waals surface area contributed by atoms with Crippen molar-refractivity contribution in [3.05, 3.63) is 60.2 Å². The van der Waals surface area contributed by atoms with Gasteiger partial charge in [-0.2, -0.15) is 0 Å². The lowest BCUT2D eigenvalue weighted by atomic mass is 9.81. The van der Waals surface area contributed by atoms with Crippen LogP contribution in [0.4, 0.5) is 5.69 Å². The summed E-state index contributed by atoms with van der Waals surface area (Å²) in [6.07, 6.45) is 0.308. The van der Waals surface area contributed by atoms with Gasteiger partial charge in [0.05, 0.1) is 18.1 Å². The SMILES string of the molecule is CSc1ccc(NC2=NC3C(O)C(O)CC(C(=O)NCc4ccccc4)C3S2)cc1. The molecule has 2 aromatic rings. The van der Waals surface area contributed by atoms with Gasteiger partial charge in [-0.1, -0.05) is 42.1 Å². The summed E-state index contributed by atoms with van der Waals surface area (Å²) >= 11 is 3.14. The molecule has 8 heteroatoms. The van der Waals surface area contributed by atoms with Crippen LogP contribution in [0.1, 0.15) is 12.0 Å². The number of nitrogens with one attached hydrogen (secondary N) is 2. The number of aliphatic hydroxyl groups excluding tert-OH is 2. The smallest absolute Gasteiger partial charge is 0.224 e. The van der Waals surface area contributed by atoms with Gasteiger partial charge in [0, 0.05) is 22.4 Å². The summed E-state index contributed by atoms with van der Waals surface area (Å²) in [5.41, 5.74) is 1.92. The van der Waals surface area contributed by atoms with Crippen LogP contribution in [-0.4, -0.2) is 51.0 Å². The summed E-state index contributed by atoms with van der Waals surface area (Å²) in [6.45, 7) is 0.435. The second-order valence-electron chi connectivity index (χ2n) is 7.46. The molecule has 0 saturated heterocycles. The molecule has 1 fully saturated rings. The molecule has 30 heavy (non-hydrogen) atoms. The molecule has 0 spiro atoms. The zero-order valence-electron chi connectivity index (χ0n) is 16.6. The topological polar surface area (TPSA) is 94.0 Å². The van der Waals surface area contributed by atoms with Crippen molar-refractivity contribution in [3.63, 3.8) is 0 Å². The molecule has 1 heterocycles. The first-order valence-corrected chi connectivity index (χ1v) is 12.0. The Hall–Kier alpha value is -2.00. The van der Waals surface area contributed by atoms with E-state index < -0.39 is 24.2 Å². The average molecular weight is 444 g/mol. The second kappa shape index (κ2) is 9.43. The number of anilines is 1. The number of rotatable bonds is 5. The van der Waals surface area contributed by atoms with Gasteiger partial charge in [-0.05, 0) is 42.5 Å². The van der Waals surface area contributed by atoms with E-state index in [0.717, 1.165) is 11.3 Å². The molecule has 5 unspecified atom stereocenters. The summed E-state index contributed by atoms with van der Waals surface area (Å²) < 4.78 is 0. The Balaban J connectivity index is 1.44. The number of carbonyl (C=O) groups excluding carboxylic acids is 1. The fourth-order valence-electron chi connectivity index (χ4n) is 3.82. The van der Waals surface area contributed by atoms with E-state index in [1.165, 1.54) is 16.7 Å². The maximum atomic E-state index is 12.9. The highest BCUT2D eigenvalue weighted by molar-refractivity contribution is 8.15. The van der Waals surface area contributed by atoms with Crippen molar-refractivity contribution in [1.29, 1.82) is 0 Å². The lowest BCUT2D eigenvalue weighted by molar-refractivity contribution is -0.129. The number of amidine groups is 1. The largest absolute Gasteiger partial charge is 0.390 e. The lowest BCUT2D eigenvalue weighted by Crippen LogP contribution is -2.53. The third-order valence-corrected chi connectivity index (χ3v) is 7.53. The zero-order chi connectivity index (χ0) is 21.1. The Morgan fingerprint density at radius 1 is 1.17 bits per heavy atom. The first kappa shape index (κ1) is 21.2. The van der Waals surface area contributed by atoms with Crippen molar-refractivity contribution in [2.24, 2.45) is 10.9 Å².